The van der Waals surface area contributed by atoms with Gasteiger partial charge in [0, 0.05) is 29.2 Å². The smallest absolute Gasteiger partial charge is 0.202 e. The summed E-state index contributed by atoms with van der Waals surface area (Å²) in [5.74, 6) is 0. The highest BCUT2D eigenvalue weighted by atomic mass is 32.3. The van der Waals surface area contributed by atoms with E-state index in [2.05, 4.69) is 0 Å². The number of nitrogens with zero attached hydrogens (tertiary/aromatic N) is 2. The molecule has 0 spiro atoms. The quantitative estimate of drug-likeness (QED) is 0.163. The van der Waals surface area contributed by atoms with E-state index in [9.17, 15) is 86.4 Å². The monoisotopic (exact) mass is 788 g/mol. The number of sulfonamides is 4. The molecule has 266 valence electrons. The molecule has 0 aliphatic heterocycles. The molecule has 0 aliphatic carbocycles. The van der Waals surface area contributed by atoms with Crippen molar-refractivity contribution in [1.29, 1.82) is 0 Å². The van der Waals surface area contributed by atoms with Crippen LogP contribution in [0.3, 0.4) is 0 Å². The minimum absolute atomic E-state index is 0.162. The number of rotatable bonds is 15. The van der Waals surface area contributed by atoms with Crippen molar-refractivity contribution in [2.24, 2.45) is 0 Å². The predicted molar refractivity (Wildman–Crippen MR) is 137 cm³/mol. The van der Waals surface area contributed by atoms with Gasteiger partial charge in [0.25, 0.3) is 0 Å². The third kappa shape index (κ3) is 10.4. The fourth-order valence-electron chi connectivity index (χ4n) is 3.50. The Morgan fingerprint density at radius 3 is 0.750 bits per heavy atom. The van der Waals surface area contributed by atoms with Gasteiger partial charge in [-0.25, -0.2) is 33.7 Å². The van der Waals surface area contributed by atoms with Gasteiger partial charge in [-0.05, 0) is 12.8 Å². The van der Waals surface area contributed by atoms with E-state index in [-0.39, 0.29) is 24.2 Å². The van der Waals surface area contributed by atoms with Gasteiger partial charge in [0.1, 0.15) is 0 Å². The van der Waals surface area contributed by atoms with E-state index in [0.717, 1.165) is 0 Å². The zero-order chi connectivity index (χ0) is 35.8. The van der Waals surface area contributed by atoms with Crippen LogP contribution in [0.25, 0.3) is 0 Å². The van der Waals surface area contributed by atoms with Crippen molar-refractivity contribution in [2.45, 2.75) is 85.2 Å². The summed E-state index contributed by atoms with van der Waals surface area (Å²) in [6.07, 6.45) is -1.54. The summed E-state index contributed by atoms with van der Waals surface area (Å²) in [5, 5.41) is 0. The van der Waals surface area contributed by atoms with Crippen LogP contribution in [0.4, 0.5) is 52.7 Å². The Hall–Kier alpha value is -0.686. The van der Waals surface area contributed by atoms with Crippen molar-refractivity contribution in [2.75, 3.05) is 13.1 Å². The van der Waals surface area contributed by atoms with E-state index < -0.39 is 112 Å². The zero-order valence-corrected chi connectivity index (χ0v) is 28.3. The minimum Gasteiger partial charge on any atom is -0.202 e. The van der Waals surface area contributed by atoms with E-state index in [1.165, 1.54) is 26.2 Å². The van der Waals surface area contributed by atoms with E-state index in [4.69, 9.17) is 0 Å². The van der Waals surface area contributed by atoms with E-state index in [1.807, 2.05) is 0 Å². The van der Waals surface area contributed by atoms with Crippen LogP contribution in [0.5, 0.6) is 0 Å². The van der Waals surface area contributed by atoms with Gasteiger partial charge < -0.3 is 0 Å². The van der Waals surface area contributed by atoms with Crippen molar-refractivity contribution in [3.63, 3.8) is 0 Å². The maximum absolute atomic E-state index is 12.9. The Balaban J connectivity index is 5.66. The van der Waals surface area contributed by atoms with Crippen molar-refractivity contribution in [3.8, 4) is 0 Å². The fraction of sp³-hybridized carbons (Fsp3) is 1.00. The predicted octanol–water partition coefficient (Wildman–Crippen LogP) is 5.19. The summed E-state index contributed by atoms with van der Waals surface area (Å²) in [7, 11) is -33.3. The number of halogens is 12. The topological polar surface area (TPSA) is 143 Å². The molecule has 0 radical (unpaired) electrons. The lowest BCUT2D eigenvalue weighted by Gasteiger charge is -2.30. The van der Waals surface area contributed by atoms with Crippen molar-refractivity contribution >= 4 is 56.2 Å². The Bertz CT molecular complexity index is 1240. The van der Waals surface area contributed by atoms with Crippen LogP contribution < -0.4 is 0 Å². The summed E-state index contributed by atoms with van der Waals surface area (Å²) in [5.41, 5.74) is -25.5. The molecule has 10 nitrogen and oxygen atoms in total. The molecule has 0 aromatic carbocycles. The molecule has 0 aromatic heterocycles. The van der Waals surface area contributed by atoms with Crippen LogP contribution in [-0.4, -0.2) is 92.4 Å². The highest BCUT2D eigenvalue weighted by molar-refractivity contribution is 8.05. The standard InChI is InChI=1S/C16H28F12N2O8S4Si2/c1-43(2,9-5-7-29(39(31,32)13(17,18)19)40(33,34)14(20,21)22)11-12-44(3,4)10-6-8-30(41(35,36)15(23,24)25)42(37,38)16(26,27)28/h5-12H2,1-4H3. The molecule has 0 bridgehead atoms. The lowest BCUT2D eigenvalue weighted by atomic mass is 10.5. The second kappa shape index (κ2) is 13.4. The van der Waals surface area contributed by atoms with Crippen molar-refractivity contribution in [3.05, 3.63) is 0 Å². The molecule has 0 aromatic rings. The first kappa shape index (κ1) is 43.3. The Morgan fingerprint density at radius 2 is 0.591 bits per heavy atom. The van der Waals surface area contributed by atoms with Crippen LogP contribution in [0, 0.1) is 0 Å². The molecule has 0 atom stereocenters. The van der Waals surface area contributed by atoms with Crippen LogP contribution >= 0.6 is 0 Å². The van der Waals surface area contributed by atoms with Crippen LogP contribution in [0.1, 0.15) is 12.8 Å². The van der Waals surface area contributed by atoms with Gasteiger partial charge in [-0.3, -0.25) is 0 Å². The Kier molecular flexibility index (Phi) is 13.2. The van der Waals surface area contributed by atoms with Gasteiger partial charge in [0.05, 0.1) is 0 Å². The molecule has 0 fully saturated rings. The van der Waals surface area contributed by atoms with Crippen LogP contribution in [0.2, 0.25) is 50.4 Å². The van der Waals surface area contributed by atoms with Gasteiger partial charge in [-0.2, -0.15) is 52.7 Å². The van der Waals surface area contributed by atoms with E-state index in [0.29, 0.717) is 0 Å². The third-order valence-corrected chi connectivity index (χ3v) is 20.8. The lowest BCUT2D eigenvalue weighted by Crippen LogP contribution is -2.49. The number of hydrogen-bond donors (Lipinski definition) is 0. The average molecular weight is 789 g/mol. The SMILES string of the molecule is C[Si](C)(CCCN(S(=O)(=O)C(F)(F)F)S(=O)(=O)C(F)(F)F)CC[Si](C)(C)CCCN(S(=O)(=O)C(F)(F)F)S(=O)(=O)C(F)(F)F. The average Bonchev–Trinajstić information content (AvgIpc) is 2.74. The molecule has 44 heavy (non-hydrogen) atoms. The summed E-state index contributed by atoms with van der Waals surface area (Å²) in [6.45, 7) is 2.71. The lowest BCUT2D eigenvalue weighted by molar-refractivity contribution is -0.0541. The third-order valence-electron chi connectivity index (χ3n) is 6.11. The van der Waals surface area contributed by atoms with Crippen LogP contribution in [0.15, 0.2) is 0 Å². The zero-order valence-electron chi connectivity index (χ0n) is 23.0. The second-order valence-corrected chi connectivity index (χ2v) is 29.4. The first-order valence-electron chi connectivity index (χ1n) is 11.7. The molecule has 28 heteroatoms. The molecule has 0 unspecified atom stereocenters. The summed E-state index contributed by atoms with van der Waals surface area (Å²) >= 11 is 0. The van der Waals surface area contributed by atoms with Gasteiger partial charge in [0.2, 0.25) is 0 Å². The first-order valence-corrected chi connectivity index (χ1v) is 24.3. The van der Waals surface area contributed by atoms with Gasteiger partial charge >= 0.3 is 62.1 Å². The molecule has 0 heterocycles. The second-order valence-electron chi connectivity index (χ2n) is 10.8. The molecule has 0 saturated carbocycles. The fourth-order valence-corrected chi connectivity index (χ4v) is 17.1. The highest BCUT2D eigenvalue weighted by Gasteiger charge is 2.62. The molecular formula is C16H28F12N2O8S4Si2. The molecule has 0 N–H and O–H groups in total. The number of alkyl halides is 12. The molecule has 0 saturated heterocycles. The minimum atomic E-state index is -6.97. The Morgan fingerprint density at radius 1 is 0.409 bits per heavy atom. The van der Waals surface area contributed by atoms with Crippen molar-refractivity contribution in [1.82, 2.24) is 7.42 Å². The van der Waals surface area contributed by atoms with E-state index >= 15 is 0 Å². The maximum Gasteiger partial charge on any atom is 0.512 e. The van der Waals surface area contributed by atoms with Crippen LogP contribution in [-0.2, 0) is 40.1 Å². The normalized spacial score (nSPS) is 15.8. The Labute approximate surface area is 248 Å². The summed E-state index contributed by atoms with van der Waals surface area (Å²) in [6, 6.07) is -0.127. The number of hydrogen-bond acceptors (Lipinski definition) is 8. The van der Waals surface area contributed by atoms with Crippen molar-refractivity contribution < 1.29 is 86.4 Å². The highest BCUT2D eigenvalue weighted by Crippen LogP contribution is 2.38. The molecular weight excluding hydrogens is 761 g/mol. The largest absolute Gasteiger partial charge is 0.512 e. The van der Waals surface area contributed by atoms with Gasteiger partial charge in [-0.1, -0.05) is 57.8 Å². The molecule has 0 amide bonds. The van der Waals surface area contributed by atoms with Gasteiger partial charge in [0.15, 0.2) is 0 Å². The first-order chi connectivity index (χ1) is 18.9. The summed E-state index contributed by atoms with van der Waals surface area (Å²) < 4.78 is 244. The molecule has 0 rings (SSSR count). The van der Waals surface area contributed by atoms with Gasteiger partial charge in [-0.15, -0.1) is 0 Å². The maximum atomic E-state index is 12.9. The van der Waals surface area contributed by atoms with E-state index in [1.54, 1.807) is 0 Å². The summed E-state index contributed by atoms with van der Waals surface area (Å²) in [4.78, 5) is 0. The molecule has 0 aliphatic rings.